The molecule has 7 heteroatoms. The lowest BCUT2D eigenvalue weighted by Crippen LogP contribution is -2.98. The van der Waals surface area contributed by atoms with Gasteiger partial charge in [-0.2, -0.15) is 0 Å². The van der Waals surface area contributed by atoms with Gasteiger partial charge in [0.25, 0.3) is 0 Å². The molecular weight excluding hydrogens is 430 g/mol. The van der Waals surface area contributed by atoms with Gasteiger partial charge in [-0.1, -0.05) is 12.8 Å². The maximum absolute atomic E-state index is 13.7. The second-order valence-electron chi connectivity index (χ2n) is 11.9. The topological polar surface area (TPSA) is 84.5 Å². The van der Waals surface area contributed by atoms with Crippen molar-refractivity contribution in [1.29, 1.82) is 0 Å². The molecule has 5 rings (SSSR count). The van der Waals surface area contributed by atoms with Crippen molar-refractivity contribution in [3.63, 3.8) is 0 Å². The van der Waals surface area contributed by atoms with Crippen molar-refractivity contribution in [3.05, 3.63) is 0 Å². The summed E-state index contributed by atoms with van der Waals surface area (Å²) in [4.78, 5) is 28.6. The van der Waals surface area contributed by atoms with Crippen molar-refractivity contribution in [2.75, 3.05) is 19.7 Å². The number of carbonyl (C=O) groups excluding carboxylic acids is 2. The van der Waals surface area contributed by atoms with Crippen molar-refractivity contribution in [2.45, 2.75) is 115 Å². The highest BCUT2D eigenvalue weighted by Crippen LogP contribution is 2.52. The Morgan fingerprint density at radius 1 is 1.09 bits per heavy atom. The molecule has 5 fully saturated rings. The van der Waals surface area contributed by atoms with Gasteiger partial charge in [0.1, 0.15) is 12.1 Å². The van der Waals surface area contributed by atoms with Crippen molar-refractivity contribution >= 4 is 11.8 Å². The van der Waals surface area contributed by atoms with E-state index < -0.39 is 6.10 Å². The first-order valence-corrected chi connectivity index (χ1v) is 14.2. The van der Waals surface area contributed by atoms with E-state index in [0.717, 1.165) is 32.1 Å². The number of nitrogens with zero attached hydrogens (tertiary/aromatic N) is 1. The fourth-order valence-electron chi connectivity index (χ4n) is 8.19. The maximum Gasteiger partial charge on any atom is 0.248 e. The summed E-state index contributed by atoms with van der Waals surface area (Å²) in [6.45, 7) is 8.41. The van der Waals surface area contributed by atoms with E-state index in [4.69, 9.17) is 9.47 Å². The largest absolute Gasteiger partial charge is 0.379 e. The van der Waals surface area contributed by atoms with Gasteiger partial charge < -0.3 is 25.0 Å². The summed E-state index contributed by atoms with van der Waals surface area (Å²) in [6, 6.07) is 1.43. The van der Waals surface area contributed by atoms with Crippen LogP contribution in [0.2, 0.25) is 0 Å². The van der Waals surface area contributed by atoms with Gasteiger partial charge >= 0.3 is 0 Å². The average Bonchev–Trinajstić information content (AvgIpc) is 3.17. The molecule has 0 aromatic rings. The summed E-state index contributed by atoms with van der Waals surface area (Å²) < 4.78 is 11.9. The van der Waals surface area contributed by atoms with E-state index >= 15 is 0 Å². The minimum Gasteiger partial charge on any atom is -0.379 e. The van der Waals surface area contributed by atoms with Crippen molar-refractivity contribution in [3.8, 4) is 0 Å². The number of carbonyl (C=O) groups is 2. The van der Waals surface area contributed by atoms with Crippen LogP contribution in [0.15, 0.2) is 0 Å². The van der Waals surface area contributed by atoms with Gasteiger partial charge in [-0.3, -0.25) is 9.59 Å². The van der Waals surface area contributed by atoms with E-state index in [2.05, 4.69) is 15.5 Å². The molecule has 0 aromatic heterocycles. The molecule has 7 nitrogen and oxygen atoms in total. The molecule has 3 heterocycles. The predicted octanol–water partition coefficient (Wildman–Crippen LogP) is 1.84. The summed E-state index contributed by atoms with van der Waals surface area (Å²) in [5.41, 5.74) is 0. The fourth-order valence-corrected chi connectivity index (χ4v) is 8.19. The quantitative estimate of drug-likeness (QED) is 0.524. The van der Waals surface area contributed by atoms with Crippen LogP contribution in [-0.2, 0) is 19.1 Å². The first-order chi connectivity index (χ1) is 16.5. The fraction of sp³-hybridized carbons (Fsp3) is 0.926. The highest BCUT2D eigenvalue weighted by molar-refractivity contribution is 5.82. The Balaban J connectivity index is 1.18. The highest BCUT2D eigenvalue weighted by atomic mass is 16.5. The highest BCUT2D eigenvalue weighted by Gasteiger charge is 2.63. The summed E-state index contributed by atoms with van der Waals surface area (Å²) >= 11 is 0. The zero-order chi connectivity index (χ0) is 23.8. The maximum atomic E-state index is 13.7. The molecule has 0 aromatic carbocycles. The van der Waals surface area contributed by atoms with Crippen LogP contribution in [-0.4, -0.2) is 72.8 Å². The lowest BCUT2D eigenvalue weighted by molar-refractivity contribution is -0.713. The van der Waals surface area contributed by atoms with E-state index in [1.54, 1.807) is 0 Å². The van der Waals surface area contributed by atoms with Gasteiger partial charge in [0.2, 0.25) is 11.8 Å². The summed E-state index contributed by atoms with van der Waals surface area (Å²) in [7, 11) is 0. The lowest BCUT2D eigenvalue weighted by atomic mass is 9.66. The van der Waals surface area contributed by atoms with E-state index in [1.165, 1.54) is 32.2 Å². The van der Waals surface area contributed by atoms with Crippen LogP contribution in [0.5, 0.6) is 0 Å². The number of rotatable bonds is 8. The predicted molar refractivity (Wildman–Crippen MR) is 129 cm³/mol. The van der Waals surface area contributed by atoms with Crippen LogP contribution < -0.4 is 10.6 Å². The molecule has 2 aliphatic carbocycles. The molecule has 3 N–H and O–H groups in total. The number of amides is 2. The van der Waals surface area contributed by atoms with E-state index in [-0.39, 0.29) is 24.0 Å². The molecule has 2 amide bonds. The number of nitrogens with one attached hydrogen (secondary N) is 1. The number of piperidine rings is 2. The molecule has 3 aliphatic heterocycles. The average molecular weight is 477 g/mol. The van der Waals surface area contributed by atoms with E-state index in [0.29, 0.717) is 54.9 Å². The number of hydrogen-bond donors (Lipinski definition) is 2. The van der Waals surface area contributed by atoms with E-state index in [9.17, 15) is 9.59 Å². The molecular formula is C27H46N3O4+. The molecule has 2 saturated carbocycles. The van der Waals surface area contributed by atoms with Crippen LogP contribution in [0.4, 0.5) is 0 Å². The van der Waals surface area contributed by atoms with Crippen LogP contribution in [0.25, 0.3) is 0 Å². The second kappa shape index (κ2) is 10.4. The third-order valence-corrected chi connectivity index (χ3v) is 9.54. The number of ether oxygens (including phenoxy) is 2. The van der Waals surface area contributed by atoms with Crippen LogP contribution in [0.1, 0.15) is 78.6 Å². The summed E-state index contributed by atoms with van der Waals surface area (Å²) in [5.74, 6) is 2.46. The first-order valence-electron chi connectivity index (χ1n) is 14.2. The molecule has 192 valence electrons. The monoisotopic (exact) mass is 476 g/mol. The summed E-state index contributed by atoms with van der Waals surface area (Å²) in [5, 5.41) is 5.59. The van der Waals surface area contributed by atoms with Crippen molar-refractivity contribution < 1.29 is 24.4 Å². The number of nitrogens with two attached hydrogens (primary N) is 1. The standard InChI is InChI=1S/C27H45N3O4/c1-16(2)33-14-6-12-29-26(31)17(3)34-18-9-10-23-22(15-18)20-11-13-28-24-19-7-4-5-8-21(19)27(32)30(23)25(20)24/h16-25,28H,4-15H2,1-3H3,(H,29,31)/p+1/t17-,18?,19?,20?,21?,22?,23?,24?,25?/m0/s1. The first kappa shape index (κ1) is 24.5. The van der Waals surface area contributed by atoms with Gasteiger partial charge in [-0.25, -0.2) is 0 Å². The Hall–Kier alpha value is -1.18. The van der Waals surface area contributed by atoms with Gasteiger partial charge in [0, 0.05) is 37.5 Å². The Morgan fingerprint density at radius 2 is 1.91 bits per heavy atom. The van der Waals surface area contributed by atoms with Crippen molar-refractivity contribution in [1.82, 2.24) is 10.2 Å². The number of fused-ring (bicyclic) bond motifs is 5. The smallest absolute Gasteiger partial charge is 0.248 e. The second-order valence-corrected chi connectivity index (χ2v) is 11.9. The molecule has 34 heavy (non-hydrogen) atoms. The van der Waals surface area contributed by atoms with Crippen LogP contribution >= 0.6 is 0 Å². The minimum atomic E-state index is -0.437. The Labute approximate surface area is 205 Å². The molecule has 3 saturated heterocycles. The Morgan fingerprint density at radius 3 is 2.74 bits per heavy atom. The van der Waals surface area contributed by atoms with Gasteiger partial charge in [0.05, 0.1) is 24.8 Å². The zero-order valence-corrected chi connectivity index (χ0v) is 21.4. The van der Waals surface area contributed by atoms with Gasteiger partial charge in [-0.05, 0) is 71.1 Å². The van der Waals surface area contributed by atoms with E-state index in [1.807, 2.05) is 20.8 Å². The number of quaternary nitrogens is 1. The SMILES string of the molecule is CC(C)OCCCNC(=O)[C@H](C)OC1CCC2C(C1)C1CC[NH2+]C3C4CCCCC4C(=O)N2C13. The van der Waals surface area contributed by atoms with Gasteiger partial charge in [-0.15, -0.1) is 0 Å². The zero-order valence-electron chi connectivity index (χ0n) is 21.4. The molecule has 9 atom stereocenters. The molecule has 0 bridgehead atoms. The van der Waals surface area contributed by atoms with Crippen molar-refractivity contribution in [2.24, 2.45) is 23.7 Å². The third kappa shape index (κ3) is 4.64. The molecule has 8 unspecified atom stereocenters. The van der Waals surface area contributed by atoms with Gasteiger partial charge in [0.15, 0.2) is 0 Å². The summed E-state index contributed by atoms with van der Waals surface area (Å²) in [6.07, 6.45) is 9.76. The lowest BCUT2D eigenvalue weighted by Gasteiger charge is -2.50. The Kier molecular flexibility index (Phi) is 7.52. The van der Waals surface area contributed by atoms with Crippen LogP contribution in [0, 0.1) is 23.7 Å². The van der Waals surface area contributed by atoms with Crippen LogP contribution in [0.3, 0.4) is 0 Å². The molecule has 0 radical (unpaired) electrons. The number of hydrogen-bond acceptors (Lipinski definition) is 4. The normalized spacial score (nSPS) is 39.9. The molecule has 5 aliphatic rings. The minimum absolute atomic E-state index is 0.0258. The molecule has 0 spiro atoms. The third-order valence-electron chi connectivity index (χ3n) is 9.54. The Bertz CT molecular complexity index is 745.